The normalized spacial score (nSPS) is 18.6. The number of amides is 1. The first-order valence-corrected chi connectivity index (χ1v) is 9.50. The van der Waals surface area contributed by atoms with Crippen LogP contribution in [0.4, 0.5) is 0 Å². The molecule has 2 heterocycles. The third-order valence-corrected chi connectivity index (χ3v) is 5.53. The molecule has 1 amide bonds. The zero-order chi connectivity index (χ0) is 17.4. The molecule has 1 aromatic carbocycles. The molecule has 132 valence electrons. The number of ether oxygens (including phenoxy) is 1. The fourth-order valence-corrected chi connectivity index (χ4v) is 3.65. The number of rotatable bonds is 4. The maximum absolute atomic E-state index is 13.0. The first-order valence-electron chi connectivity index (χ1n) is 8.71. The molecule has 1 aromatic heterocycles. The van der Waals surface area contributed by atoms with Crippen LogP contribution in [0.1, 0.15) is 47.8 Å². The van der Waals surface area contributed by atoms with Crippen molar-refractivity contribution in [3.63, 3.8) is 0 Å². The first-order chi connectivity index (χ1) is 12.2. The Hall–Kier alpha value is -1.73. The summed E-state index contributed by atoms with van der Waals surface area (Å²) in [6.45, 7) is 1.43. The van der Waals surface area contributed by atoms with Crippen LogP contribution in [0.15, 0.2) is 28.7 Å². The highest BCUT2D eigenvalue weighted by molar-refractivity contribution is 9.10. The minimum absolute atomic E-state index is 0.000172. The number of benzene rings is 1. The van der Waals surface area contributed by atoms with E-state index < -0.39 is 0 Å². The van der Waals surface area contributed by atoms with Crippen molar-refractivity contribution in [3.05, 3.63) is 40.1 Å². The summed E-state index contributed by atoms with van der Waals surface area (Å²) < 4.78 is 8.24. The second-order valence-corrected chi connectivity index (χ2v) is 7.63. The monoisotopic (exact) mass is 404 g/mol. The molecule has 1 saturated carbocycles. The molecular formula is C18H21BrN4O2. The van der Waals surface area contributed by atoms with Crippen LogP contribution in [0.25, 0.3) is 5.69 Å². The van der Waals surface area contributed by atoms with Gasteiger partial charge in [-0.2, -0.15) is 0 Å². The number of piperidine rings is 1. The topological polar surface area (TPSA) is 60.2 Å². The lowest BCUT2D eigenvalue weighted by Crippen LogP contribution is -2.41. The van der Waals surface area contributed by atoms with E-state index in [0.29, 0.717) is 24.7 Å². The van der Waals surface area contributed by atoms with Crippen molar-refractivity contribution >= 4 is 21.8 Å². The average Bonchev–Trinajstić information content (AvgIpc) is 3.40. The van der Waals surface area contributed by atoms with Crippen molar-refractivity contribution in [1.82, 2.24) is 19.9 Å². The fraction of sp³-hybridized carbons (Fsp3) is 0.500. The van der Waals surface area contributed by atoms with Crippen molar-refractivity contribution in [2.24, 2.45) is 0 Å². The van der Waals surface area contributed by atoms with Gasteiger partial charge in [-0.05, 0) is 49.9 Å². The van der Waals surface area contributed by atoms with Gasteiger partial charge < -0.3 is 9.64 Å². The van der Waals surface area contributed by atoms with E-state index in [2.05, 4.69) is 26.2 Å². The van der Waals surface area contributed by atoms with E-state index in [1.54, 1.807) is 7.11 Å². The van der Waals surface area contributed by atoms with Gasteiger partial charge in [0.15, 0.2) is 5.69 Å². The van der Waals surface area contributed by atoms with Crippen LogP contribution in [0.5, 0.6) is 0 Å². The maximum atomic E-state index is 13.0. The summed E-state index contributed by atoms with van der Waals surface area (Å²) in [5, 5.41) is 8.57. The van der Waals surface area contributed by atoms with Crippen LogP contribution >= 0.6 is 15.9 Å². The van der Waals surface area contributed by atoms with E-state index >= 15 is 0 Å². The summed E-state index contributed by atoms with van der Waals surface area (Å²) in [7, 11) is 1.73. The molecule has 25 heavy (non-hydrogen) atoms. The molecule has 6 nitrogen and oxygen atoms in total. The summed E-state index contributed by atoms with van der Waals surface area (Å²) in [4.78, 5) is 14.9. The number of hydrogen-bond donors (Lipinski definition) is 0. The molecule has 2 aromatic rings. The molecule has 0 atom stereocenters. The summed E-state index contributed by atoms with van der Waals surface area (Å²) in [5.74, 6) is 0.383. The number of carbonyl (C=O) groups is 1. The Morgan fingerprint density at radius 1 is 1.16 bits per heavy atom. The second-order valence-electron chi connectivity index (χ2n) is 6.71. The SMILES string of the molecule is COC1CCN(C(=O)c2nnn(-c3ccc(Br)cc3)c2C2CC2)CC1. The number of likely N-dealkylation sites (tertiary alicyclic amines) is 1. The predicted molar refractivity (Wildman–Crippen MR) is 97.0 cm³/mol. The molecule has 0 spiro atoms. The van der Waals surface area contributed by atoms with Gasteiger partial charge in [0.2, 0.25) is 0 Å². The molecule has 2 fully saturated rings. The number of carbonyl (C=O) groups excluding carboxylic acids is 1. The summed E-state index contributed by atoms with van der Waals surface area (Å²) in [6, 6.07) is 7.93. The molecule has 2 aliphatic rings. The number of nitrogens with zero attached hydrogens (tertiary/aromatic N) is 4. The summed E-state index contributed by atoms with van der Waals surface area (Å²) >= 11 is 3.45. The van der Waals surface area contributed by atoms with E-state index in [4.69, 9.17) is 4.74 Å². The molecule has 0 N–H and O–H groups in total. The van der Waals surface area contributed by atoms with E-state index in [0.717, 1.165) is 41.5 Å². The van der Waals surface area contributed by atoms with Gasteiger partial charge >= 0.3 is 0 Å². The van der Waals surface area contributed by atoms with E-state index in [-0.39, 0.29) is 12.0 Å². The molecule has 0 bridgehead atoms. The van der Waals surface area contributed by atoms with Gasteiger partial charge in [-0.15, -0.1) is 5.10 Å². The van der Waals surface area contributed by atoms with Gasteiger partial charge in [0, 0.05) is 30.6 Å². The largest absolute Gasteiger partial charge is 0.381 e. The maximum Gasteiger partial charge on any atom is 0.276 e. The van der Waals surface area contributed by atoms with Crippen LogP contribution in [0, 0.1) is 0 Å². The molecule has 7 heteroatoms. The fourth-order valence-electron chi connectivity index (χ4n) is 3.38. The van der Waals surface area contributed by atoms with Crippen LogP contribution in [-0.2, 0) is 4.74 Å². The van der Waals surface area contributed by atoms with E-state index in [1.165, 1.54) is 0 Å². The van der Waals surface area contributed by atoms with Crippen molar-refractivity contribution in [2.75, 3.05) is 20.2 Å². The van der Waals surface area contributed by atoms with Crippen LogP contribution < -0.4 is 0 Å². The molecule has 0 radical (unpaired) electrons. The summed E-state index contributed by atoms with van der Waals surface area (Å²) in [5.41, 5.74) is 2.41. The van der Waals surface area contributed by atoms with E-state index in [1.807, 2.05) is 33.8 Å². The van der Waals surface area contributed by atoms with Crippen molar-refractivity contribution in [1.29, 1.82) is 0 Å². The number of methoxy groups -OCH3 is 1. The highest BCUT2D eigenvalue weighted by atomic mass is 79.9. The Kier molecular flexibility index (Phi) is 4.60. The minimum atomic E-state index is -0.000172. The third-order valence-electron chi connectivity index (χ3n) is 5.01. The minimum Gasteiger partial charge on any atom is -0.381 e. The van der Waals surface area contributed by atoms with Crippen molar-refractivity contribution < 1.29 is 9.53 Å². The van der Waals surface area contributed by atoms with Gasteiger partial charge in [0.05, 0.1) is 17.5 Å². The predicted octanol–water partition coefficient (Wildman–Crippen LogP) is 3.16. The van der Waals surface area contributed by atoms with Gasteiger partial charge in [-0.1, -0.05) is 21.1 Å². The van der Waals surface area contributed by atoms with Crippen LogP contribution in [0.2, 0.25) is 0 Å². The molecular weight excluding hydrogens is 384 g/mol. The second kappa shape index (κ2) is 6.88. The zero-order valence-corrected chi connectivity index (χ0v) is 15.8. The Morgan fingerprint density at radius 3 is 2.44 bits per heavy atom. The molecule has 1 aliphatic carbocycles. The van der Waals surface area contributed by atoms with Crippen molar-refractivity contribution in [2.45, 2.75) is 37.7 Å². The lowest BCUT2D eigenvalue weighted by Gasteiger charge is -2.30. The van der Waals surface area contributed by atoms with Crippen molar-refractivity contribution in [3.8, 4) is 5.69 Å². The zero-order valence-electron chi connectivity index (χ0n) is 14.2. The smallest absolute Gasteiger partial charge is 0.276 e. The van der Waals surface area contributed by atoms with Gasteiger partial charge in [-0.25, -0.2) is 4.68 Å². The first kappa shape index (κ1) is 16.7. The van der Waals surface area contributed by atoms with E-state index in [9.17, 15) is 4.79 Å². The average molecular weight is 405 g/mol. The third kappa shape index (κ3) is 3.35. The number of hydrogen-bond acceptors (Lipinski definition) is 4. The Balaban J connectivity index is 1.62. The standard InChI is InChI=1S/C18H21BrN4O2/c1-25-15-8-10-22(11-9-15)18(24)16-17(12-2-3-12)23(21-20-16)14-6-4-13(19)5-7-14/h4-7,12,15H,2-3,8-11H2,1H3. The molecule has 1 saturated heterocycles. The Morgan fingerprint density at radius 2 is 1.84 bits per heavy atom. The van der Waals surface area contributed by atoms with Crippen LogP contribution in [0.3, 0.4) is 0 Å². The number of halogens is 1. The molecule has 1 aliphatic heterocycles. The lowest BCUT2D eigenvalue weighted by molar-refractivity contribution is 0.0347. The molecule has 0 unspecified atom stereocenters. The Labute approximate surface area is 155 Å². The highest BCUT2D eigenvalue weighted by Gasteiger charge is 2.36. The quantitative estimate of drug-likeness (QED) is 0.784. The Bertz CT molecular complexity index is 762. The highest BCUT2D eigenvalue weighted by Crippen LogP contribution is 2.42. The van der Waals surface area contributed by atoms with Gasteiger partial charge in [0.1, 0.15) is 0 Å². The number of aromatic nitrogens is 3. The van der Waals surface area contributed by atoms with Gasteiger partial charge in [-0.3, -0.25) is 4.79 Å². The van der Waals surface area contributed by atoms with Crippen LogP contribution in [-0.4, -0.2) is 52.1 Å². The molecule has 4 rings (SSSR count). The van der Waals surface area contributed by atoms with Gasteiger partial charge in [0.25, 0.3) is 5.91 Å². The lowest BCUT2D eigenvalue weighted by atomic mass is 10.1. The summed E-state index contributed by atoms with van der Waals surface area (Å²) in [6.07, 6.45) is 4.20.